The molecule has 0 atom stereocenters. The van der Waals surface area contributed by atoms with E-state index in [1.165, 1.54) is 12.1 Å². The van der Waals surface area contributed by atoms with Crippen molar-refractivity contribution in [1.82, 2.24) is 0 Å². The van der Waals surface area contributed by atoms with E-state index in [-0.39, 0.29) is 11.3 Å². The van der Waals surface area contributed by atoms with Crippen LogP contribution in [0, 0.1) is 0 Å². The molecule has 22 heavy (non-hydrogen) atoms. The third kappa shape index (κ3) is 3.96. The van der Waals surface area contributed by atoms with Crippen molar-refractivity contribution < 1.29 is 19.4 Å². The summed E-state index contributed by atoms with van der Waals surface area (Å²) in [5.74, 6) is -0.506. The molecular formula is C17H13ClO4. The molecule has 0 amide bonds. The van der Waals surface area contributed by atoms with Crippen molar-refractivity contribution >= 4 is 28.9 Å². The van der Waals surface area contributed by atoms with Gasteiger partial charge in [0.1, 0.15) is 17.1 Å². The fourth-order valence-electron chi connectivity index (χ4n) is 1.78. The number of benzene rings is 2. The number of phenolic OH excluding ortho intramolecular Hbond substituents is 1. The van der Waals surface area contributed by atoms with E-state index in [4.69, 9.17) is 16.3 Å². The fourth-order valence-corrected chi connectivity index (χ4v) is 1.84. The minimum atomic E-state index is -0.663. The summed E-state index contributed by atoms with van der Waals surface area (Å²) in [5.41, 5.74) is 1.13. The number of carbonyl (C=O) groups is 2. The molecule has 0 heterocycles. The number of hydrogen-bond donors (Lipinski definition) is 1. The smallest absolute Gasteiger partial charge is 0.347 e. The topological polar surface area (TPSA) is 63.6 Å². The van der Waals surface area contributed by atoms with Gasteiger partial charge in [-0.25, -0.2) is 4.79 Å². The van der Waals surface area contributed by atoms with Crippen molar-refractivity contribution in [3.63, 3.8) is 0 Å². The minimum absolute atomic E-state index is 0.0792. The normalized spacial score (nSPS) is 11.1. The van der Waals surface area contributed by atoms with Gasteiger partial charge in [-0.1, -0.05) is 24.3 Å². The number of carbonyl (C=O) groups excluding carboxylic acids is 2. The predicted octanol–water partition coefficient (Wildman–Crippen LogP) is 3.78. The highest BCUT2D eigenvalue weighted by atomic mass is 35.5. The van der Waals surface area contributed by atoms with E-state index in [2.05, 4.69) is 0 Å². The number of rotatable bonds is 4. The highest BCUT2D eigenvalue weighted by molar-refractivity contribution is 6.68. The monoisotopic (exact) mass is 316 g/mol. The van der Waals surface area contributed by atoms with Crippen LogP contribution in [0.15, 0.2) is 54.1 Å². The summed E-state index contributed by atoms with van der Waals surface area (Å²) in [6.45, 7) is 1.59. The first-order chi connectivity index (χ1) is 10.5. The molecule has 0 aliphatic rings. The molecule has 0 spiro atoms. The molecule has 0 saturated heterocycles. The number of allylic oxidation sites excluding steroid dienone is 1. The maximum Gasteiger partial charge on any atom is 0.347 e. The van der Waals surface area contributed by atoms with Crippen LogP contribution in [0.4, 0.5) is 0 Å². The second-order valence-corrected chi connectivity index (χ2v) is 4.92. The molecule has 0 aromatic heterocycles. The van der Waals surface area contributed by atoms with Crippen molar-refractivity contribution in [2.24, 2.45) is 0 Å². The third-order valence-corrected chi connectivity index (χ3v) is 3.18. The van der Waals surface area contributed by atoms with E-state index >= 15 is 0 Å². The van der Waals surface area contributed by atoms with Gasteiger partial charge in [-0.2, -0.15) is 0 Å². The first-order valence-electron chi connectivity index (χ1n) is 6.46. The van der Waals surface area contributed by atoms with Crippen molar-refractivity contribution in [2.45, 2.75) is 6.92 Å². The first kappa shape index (κ1) is 15.8. The summed E-state index contributed by atoms with van der Waals surface area (Å²) < 4.78 is 5.22. The van der Waals surface area contributed by atoms with Crippen LogP contribution in [0.1, 0.15) is 22.8 Å². The maximum atomic E-state index is 12.0. The Balaban J connectivity index is 2.21. The molecule has 2 rings (SSSR count). The SMILES string of the molecule is C/C(=C/c1cccc(OC(=O)c2ccccc2O)c1)C(=O)Cl. The lowest BCUT2D eigenvalue weighted by Gasteiger charge is -2.06. The minimum Gasteiger partial charge on any atom is -0.507 e. The van der Waals surface area contributed by atoms with Crippen molar-refractivity contribution in [3.8, 4) is 11.5 Å². The average Bonchev–Trinajstić information content (AvgIpc) is 2.47. The van der Waals surface area contributed by atoms with Gasteiger partial charge in [0, 0.05) is 5.57 Å². The Morgan fingerprint density at radius 2 is 1.86 bits per heavy atom. The zero-order valence-electron chi connectivity index (χ0n) is 11.7. The molecule has 4 nitrogen and oxygen atoms in total. The molecule has 0 unspecified atom stereocenters. The van der Waals surface area contributed by atoms with Gasteiger partial charge >= 0.3 is 5.97 Å². The van der Waals surface area contributed by atoms with E-state index in [0.29, 0.717) is 16.9 Å². The number of para-hydroxylation sites is 1. The number of halogens is 1. The summed E-state index contributed by atoms with van der Waals surface area (Å²) in [4.78, 5) is 23.0. The molecule has 0 bridgehead atoms. The lowest BCUT2D eigenvalue weighted by Crippen LogP contribution is -2.08. The van der Waals surface area contributed by atoms with Crippen LogP contribution in [0.25, 0.3) is 6.08 Å². The van der Waals surface area contributed by atoms with Crippen molar-refractivity contribution in [3.05, 3.63) is 65.2 Å². The quantitative estimate of drug-likeness (QED) is 0.403. The van der Waals surface area contributed by atoms with Crippen LogP contribution in [-0.2, 0) is 4.79 Å². The Labute approximate surface area is 132 Å². The van der Waals surface area contributed by atoms with Crippen LogP contribution in [-0.4, -0.2) is 16.3 Å². The molecule has 5 heteroatoms. The van der Waals surface area contributed by atoms with Crippen LogP contribution in [0.2, 0.25) is 0 Å². The molecule has 0 aliphatic carbocycles. The number of ether oxygens (including phenoxy) is 1. The zero-order chi connectivity index (χ0) is 16.1. The summed E-state index contributed by atoms with van der Waals surface area (Å²) in [6, 6.07) is 12.8. The Hall–Kier alpha value is -2.59. The highest BCUT2D eigenvalue weighted by Crippen LogP contribution is 2.21. The molecule has 0 radical (unpaired) electrons. The average molecular weight is 317 g/mol. The standard InChI is InChI=1S/C17H13ClO4/c1-11(16(18)20)9-12-5-4-6-13(10-12)22-17(21)14-7-2-3-8-15(14)19/h2-10,19H,1H3/b11-9-. The van der Waals surface area contributed by atoms with E-state index in [1.54, 1.807) is 49.4 Å². The second-order valence-electron chi connectivity index (χ2n) is 4.58. The summed E-state index contributed by atoms with van der Waals surface area (Å²) in [7, 11) is 0. The predicted molar refractivity (Wildman–Crippen MR) is 84.0 cm³/mol. The van der Waals surface area contributed by atoms with Crippen LogP contribution >= 0.6 is 11.6 Å². The summed E-state index contributed by atoms with van der Waals surface area (Å²) in [6.07, 6.45) is 1.59. The van der Waals surface area contributed by atoms with Crippen molar-refractivity contribution in [2.75, 3.05) is 0 Å². The Bertz CT molecular complexity index is 750. The van der Waals surface area contributed by atoms with Gasteiger partial charge in [-0.3, -0.25) is 4.79 Å². The van der Waals surface area contributed by atoms with E-state index < -0.39 is 11.2 Å². The molecule has 0 aliphatic heterocycles. The summed E-state index contributed by atoms with van der Waals surface area (Å²) in [5, 5.41) is 9.09. The van der Waals surface area contributed by atoms with Crippen molar-refractivity contribution in [1.29, 1.82) is 0 Å². The molecule has 2 aromatic carbocycles. The van der Waals surface area contributed by atoms with Gasteiger partial charge in [-0.15, -0.1) is 0 Å². The van der Waals surface area contributed by atoms with Crippen LogP contribution in [0.5, 0.6) is 11.5 Å². The number of aromatic hydroxyl groups is 1. The van der Waals surface area contributed by atoms with Gasteiger partial charge in [-0.05, 0) is 54.4 Å². The highest BCUT2D eigenvalue weighted by Gasteiger charge is 2.12. The largest absolute Gasteiger partial charge is 0.507 e. The summed E-state index contributed by atoms with van der Waals surface area (Å²) >= 11 is 5.38. The van der Waals surface area contributed by atoms with E-state index in [9.17, 15) is 14.7 Å². The van der Waals surface area contributed by atoms with Gasteiger partial charge in [0.15, 0.2) is 0 Å². The third-order valence-electron chi connectivity index (χ3n) is 2.89. The van der Waals surface area contributed by atoms with E-state index in [0.717, 1.165) is 0 Å². The van der Waals surface area contributed by atoms with Crippen LogP contribution < -0.4 is 4.74 Å². The fraction of sp³-hybridized carbons (Fsp3) is 0.0588. The van der Waals surface area contributed by atoms with Gasteiger partial charge in [0.2, 0.25) is 5.24 Å². The molecule has 1 N–H and O–H groups in total. The second kappa shape index (κ2) is 6.91. The van der Waals surface area contributed by atoms with Gasteiger partial charge in [0.25, 0.3) is 0 Å². The number of hydrogen-bond acceptors (Lipinski definition) is 4. The molecule has 112 valence electrons. The molecular weight excluding hydrogens is 304 g/mol. The lowest BCUT2D eigenvalue weighted by molar-refractivity contribution is -0.108. The molecule has 2 aromatic rings. The lowest BCUT2D eigenvalue weighted by atomic mass is 10.1. The zero-order valence-corrected chi connectivity index (χ0v) is 12.5. The van der Waals surface area contributed by atoms with E-state index in [1.807, 2.05) is 0 Å². The Kier molecular flexibility index (Phi) is 4.96. The number of phenols is 1. The maximum absolute atomic E-state index is 12.0. The van der Waals surface area contributed by atoms with Gasteiger partial charge in [0.05, 0.1) is 0 Å². The molecule has 0 fully saturated rings. The first-order valence-corrected chi connectivity index (χ1v) is 6.83. The van der Waals surface area contributed by atoms with Crippen LogP contribution in [0.3, 0.4) is 0 Å². The Morgan fingerprint density at radius 1 is 1.14 bits per heavy atom. The molecule has 0 saturated carbocycles. The van der Waals surface area contributed by atoms with Gasteiger partial charge < -0.3 is 9.84 Å². The number of esters is 1. The Morgan fingerprint density at radius 3 is 2.55 bits per heavy atom.